The maximum Gasteiger partial charge on any atom is 0.259 e. The van der Waals surface area contributed by atoms with Crippen molar-refractivity contribution in [2.75, 3.05) is 26.0 Å². The number of carbonyl (C=O) groups excluding carboxylic acids is 2. The lowest BCUT2D eigenvalue weighted by Gasteiger charge is -2.12. The lowest BCUT2D eigenvalue weighted by atomic mass is 10.1. The molecular weight excluding hydrogens is 394 g/mol. The number of amides is 2. The van der Waals surface area contributed by atoms with Gasteiger partial charge in [0.15, 0.2) is 6.61 Å². The average molecular weight is 419 g/mol. The van der Waals surface area contributed by atoms with Gasteiger partial charge in [-0.2, -0.15) is 0 Å². The van der Waals surface area contributed by atoms with Crippen LogP contribution < -0.4 is 14.8 Å². The molecule has 3 aromatic rings. The molecule has 0 bridgehead atoms. The summed E-state index contributed by atoms with van der Waals surface area (Å²) in [6, 6.07) is 15.9. The van der Waals surface area contributed by atoms with Gasteiger partial charge < -0.3 is 19.7 Å². The number of pyridine rings is 1. The molecule has 0 spiro atoms. The van der Waals surface area contributed by atoms with E-state index in [0.717, 1.165) is 5.56 Å². The van der Waals surface area contributed by atoms with Crippen molar-refractivity contribution in [3.05, 3.63) is 77.5 Å². The number of ether oxygens (including phenoxy) is 2. The molecule has 0 saturated heterocycles. The number of rotatable bonds is 7. The Bertz CT molecular complexity index is 1080. The van der Waals surface area contributed by atoms with E-state index in [1.54, 1.807) is 50.5 Å². The van der Waals surface area contributed by atoms with Gasteiger partial charge in [0.2, 0.25) is 5.88 Å². The minimum atomic E-state index is -0.311. The highest BCUT2D eigenvalue weighted by Crippen LogP contribution is 2.23. The van der Waals surface area contributed by atoms with Gasteiger partial charge in [-0.05, 0) is 61.4 Å². The number of anilines is 1. The molecule has 7 heteroatoms. The number of nitrogens with one attached hydrogen (secondary N) is 1. The van der Waals surface area contributed by atoms with Crippen LogP contribution >= 0.6 is 0 Å². The van der Waals surface area contributed by atoms with Crippen molar-refractivity contribution in [3.8, 4) is 17.4 Å². The fourth-order valence-corrected chi connectivity index (χ4v) is 2.62. The molecule has 7 nitrogen and oxygen atoms in total. The number of nitrogens with zero attached hydrogens (tertiary/aromatic N) is 2. The van der Waals surface area contributed by atoms with Gasteiger partial charge in [0.25, 0.3) is 11.8 Å². The molecule has 2 aromatic carbocycles. The highest BCUT2D eigenvalue weighted by atomic mass is 16.5. The molecule has 0 atom stereocenters. The normalized spacial score (nSPS) is 10.3. The summed E-state index contributed by atoms with van der Waals surface area (Å²) in [6.45, 7) is 3.97. The molecule has 0 radical (unpaired) electrons. The Morgan fingerprint density at radius 2 is 1.77 bits per heavy atom. The first-order valence-electron chi connectivity index (χ1n) is 9.77. The van der Waals surface area contributed by atoms with Crippen LogP contribution in [0.5, 0.6) is 17.4 Å². The van der Waals surface area contributed by atoms with E-state index in [2.05, 4.69) is 10.3 Å². The largest absolute Gasteiger partial charge is 0.484 e. The van der Waals surface area contributed by atoms with E-state index in [0.29, 0.717) is 28.6 Å². The van der Waals surface area contributed by atoms with Gasteiger partial charge >= 0.3 is 0 Å². The summed E-state index contributed by atoms with van der Waals surface area (Å²) < 4.78 is 11.2. The van der Waals surface area contributed by atoms with E-state index < -0.39 is 0 Å². The molecule has 2 amide bonds. The summed E-state index contributed by atoms with van der Waals surface area (Å²) in [4.78, 5) is 29.9. The number of carbonyl (C=O) groups is 2. The number of likely N-dealkylation sites (N-methyl/N-ethyl adjacent to an activating group) is 1. The summed E-state index contributed by atoms with van der Waals surface area (Å²) in [5.74, 6) is 1.11. The van der Waals surface area contributed by atoms with Gasteiger partial charge in [-0.1, -0.05) is 12.1 Å². The molecule has 0 aliphatic carbocycles. The Balaban J connectivity index is 1.60. The smallest absolute Gasteiger partial charge is 0.259 e. The topological polar surface area (TPSA) is 80.8 Å². The molecule has 0 fully saturated rings. The van der Waals surface area contributed by atoms with Gasteiger partial charge in [-0.15, -0.1) is 0 Å². The molecular formula is C24H25N3O4. The van der Waals surface area contributed by atoms with Crippen LogP contribution in [0.25, 0.3) is 0 Å². The first kappa shape index (κ1) is 21.8. The molecule has 0 aliphatic rings. The van der Waals surface area contributed by atoms with E-state index in [-0.39, 0.29) is 18.4 Å². The fourth-order valence-electron chi connectivity index (χ4n) is 2.62. The quantitative estimate of drug-likeness (QED) is 0.620. The van der Waals surface area contributed by atoms with Gasteiger partial charge in [0, 0.05) is 25.7 Å². The molecule has 160 valence electrons. The molecule has 0 saturated carbocycles. The van der Waals surface area contributed by atoms with Gasteiger partial charge in [-0.25, -0.2) is 4.98 Å². The number of hydrogen-bond acceptors (Lipinski definition) is 5. The van der Waals surface area contributed by atoms with Crippen LogP contribution in [0.2, 0.25) is 0 Å². The van der Waals surface area contributed by atoms with Crippen LogP contribution in [0.15, 0.2) is 60.8 Å². The molecule has 0 unspecified atom stereocenters. The van der Waals surface area contributed by atoms with Crippen LogP contribution in [-0.4, -0.2) is 42.4 Å². The third-order valence-electron chi connectivity index (χ3n) is 4.65. The van der Waals surface area contributed by atoms with Gasteiger partial charge in [0.05, 0.1) is 11.9 Å². The van der Waals surface area contributed by atoms with E-state index in [9.17, 15) is 9.59 Å². The SMILES string of the molecule is Cc1ccc(Oc2ccc(NC(=O)c3cccc(OCC(=O)N(C)C)c3)cn2)cc1C. The molecule has 1 N–H and O–H groups in total. The Morgan fingerprint density at radius 1 is 0.968 bits per heavy atom. The van der Waals surface area contributed by atoms with Crippen LogP contribution in [0.1, 0.15) is 21.5 Å². The Hall–Kier alpha value is -3.87. The Morgan fingerprint density at radius 3 is 2.45 bits per heavy atom. The number of aromatic nitrogens is 1. The second-order valence-corrected chi connectivity index (χ2v) is 7.29. The fraction of sp³-hybridized carbons (Fsp3) is 0.208. The lowest BCUT2D eigenvalue weighted by molar-refractivity contribution is -0.130. The van der Waals surface area contributed by atoms with Crippen LogP contribution in [0.3, 0.4) is 0 Å². The Labute approximate surface area is 181 Å². The third-order valence-corrected chi connectivity index (χ3v) is 4.65. The zero-order valence-electron chi connectivity index (χ0n) is 18.0. The summed E-state index contributed by atoms with van der Waals surface area (Å²) in [7, 11) is 3.31. The monoisotopic (exact) mass is 419 g/mol. The number of benzene rings is 2. The number of hydrogen-bond donors (Lipinski definition) is 1. The predicted molar refractivity (Wildman–Crippen MR) is 119 cm³/mol. The standard InChI is InChI=1S/C24H25N3O4/c1-16-8-10-21(12-17(16)2)31-22-11-9-19(14-25-22)26-24(29)18-6-5-7-20(13-18)30-15-23(28)27(3)4/h5-14H,15H2,1-4H3,(H,26,29). The van der Waals surface area contributed by atoms with Crippen molar-refractivity contribution >= 4 is 17.5 Å². The van der Waals surface area contributed by atoms with Crippen molar-refractivity contribution in [1.29, 1.82) is 0 Å². The van der Waals surface area contributed by atoms with E-state index in [1.165, 1.54) is 16.7 Å². The number of aryl methyl sites for hydroxylation is 2. The summed E-state index contributed by atoms with van der Waals surface area (Å²) in [5.41, 5.74) is 3.27. The van der Waals surface area contributed by atoms with E-state index >= 15 is 0 Å². The minimum Gasteiger partial charge on any atom is -0.484 e. The lowest BCUT2D eigenvalue weighted by Crippen LogP contribution is -2.27. The average Bonchev–Trinajstić information content (AvgIpc) is 2.76. The predicted octanol–water partition coefficient (Wildman–Crippen LogP) is 4.21. The summed E-state index contributed by atoms with van der Waals surface area (Å²) >= 11 is 0. The molecule has 1 aromatic heterocycles. The van der Waals surface area contributed by atoms with Crippen molar-refractivity contribution in [2.24, 2.45) is 0 Å². The van der Waals surface area contributed by atoms with Crippen LogP contribution in [0.4, 0.5) is 5.69 Å². The zero-order chi connectivity index (χ0) is 22.4. The molecule has 0 aliphatic heterocycles. The van der Waals surface area contributed by atoms with Crippen molar-refractivity contribution in [1.82, 2.24) is 9.88 Å². The van der Waals surface area contributed by atoms with Crippen molar-refractivity contribution in [2.45, 2.75) is 13.8 Å². The second kappa shape index (κ2) is 9.75. The van der Waals surface area contributed by atoms with E-state index in [1.807, 2.05) is 32.0 Å². The van der Waals surface area contributed by atoms with E-state index in [4.69, 9.17) is 9.47 Å². The molecule has 31 heavy (non-hydrogen) atoms. The zero-order valence-corrected chi connectivity index (χ0v) is 18.0. The second-order valence-electron chi connectivity index (χ2n) is 7.29. The maximum atomic E-state index is 12.6. The van der Waals surface area contributed by atoms with Crippen LogP contribution in [0, 0.1) is 13.8 Å². The first-order chi connectivity index (χ1) is 14.8. The van der Waals surface area contributed by atoms with Crippen molar-refractivity contribution in [3.63, 3.8) is 0 Å². The summed E-state index contributed by atoms with van der Waals surface area (Å²) in [6.07, 6.45) is 1.53. The molecule has 3 rings (SSSR count). The minimum absolute atomic E-state index is 0.0933. The van der Waals surface area contributed by atoms with Crippen LogP contribution in [-0.2, 0) is 4.79 Å². The van der Waals surface area contributed by atoms with Gasteiger partial charge in [0.1, 0.15) is 11.5 Å². The van der Waals surface area contributed by atoms with Crippen molar-refractivity contribution < 1.29 is 19.1 Å². The highest BCUT2D eigenvalue weighted by Gasteiger charge is 2.10. The molecule has 1 heterocycles. The Kier molecular flexibility index (Phi) is 6.87. The summed E-state index contributed by atoms with van der Waals surface area (Å²) in [5, 5.41) is 2.79. The first-order valence-corrected chi connectivity index (χ1v) is 9.77. The van der Waals surface area contributed by atoms with Gasteiger partial charge in [-0.3, -0.25) is 9.59 Å². The third kappa shape index (κ3) is 6.05. The highest BCUT2D eigenvalue weighted by molar-refractivity contribution is 6.04. The maximum absolute atomic E-state index is 12.6.